The van der Waals surface area contributed by atoms with Crippen LogP contribution in [-0.2, 0) is 4.74 Å². The number of ether oxygens (including phenoxy) is 1. The van der Waals surface area contributed by atoms with Crippen molar-refractivity contribution in [1.82, 2.24) is 5.32 Å². The number of hydrogen-bond donors (Lipinski definition) is 1. The second-order valence-corrected chi connectivity index (χ2v) is 4.23. The standard InChI is InChI=1S/C9H7BrClNO2/c10-6-3-5(1-2-7(6)11)8-4-14-9(13)12-8/h1-3,8H,4H2,(H,12,13). The molecule has 0 bridgehead atoms. The summed E-state index contributed by atoms with van der Waals surface area (Å²) in [5, 5.41) is 3.34. The van der Waals surface area contributed by atoms with Crippen molar-refractivity contribution in [3.05, 3.63) is 33.3 Å². The average molecular weight is 277 g/mol. The molecule has 3 nitrogen and oxygen atoms in total. The molecule has 1 N–H and O–H groups in total. The maximum absolute atomic E-state index is 10.8. The number of cyclic esters (lactones) is 1. The minimum Gasteiger partial charge on any atom is -0.447 e. The van der Waals surface area contributed by atoms with Gasteiger partial charge in [-0.05, 0) is 33.6 Å². The maximum Gasteiger partial charge on any atom is 0.407 e. The first-order valence-corrected chi connectivity index (χ1v) is 5.22. The summed E-state index contributed by atoms with van der Waals surface area (Å²) in [6, 6.07) is 5.45. The number of amides is 1. The van der Waals surface area contributed by atoms with Gasteiger partial charge in [-0.2, -0.15) is 0 Å². The van der Waals surface area contributed by atoms with E-state index in [0.717, 1.165) is 10.0 Å². The summed E-state index contributed by atoms with van der Waals surface area (Å²) in [5.74, 6) is 0. The van der Waals surface area contributed by atoms with Gasteiger partial charge in [-0.15, -0.1) is 0 Å². The molecule has 14 heavy (non-hydrogen) atoms. The lowest BCUT2D eigenvalue weighted by atomic mass is 10.1. The maximum atomic E-state index is 10.8. The number of alkyl carbamates (subject to hydrolysis) is 1. The third kappa shape index (κ3) is 1.86. The van der Waals surface area contributed by atoms with Gasteiger partial charge in [0.1, 0.15) is 6.61 Å². The molecule has 0 radical (unpaired) electrons. The molecule has 1 fully saturated rings. The lowest BCUT2D eigenvalue weighted by molar-refractivity contribution is 0.177. The van der Waals surface area contributed by atoms with E-state index in [1.807, 2.05) is 12.1 Å². The third-order valence-corrected chi connectivity index (χ3v) is 3.23. The Morgan fingerprint density at radius 1 is 1.57 bits per heavy atom. The predicted octanol–water partition coefficient (Wildman–Crippen LogP) is 2.88. The zero-order chi connectivity index (χ0) is 10.1. The molecule has 0 aliphatic carbocycles. The molecule has 1 aromatic rings. The number of nitrogens with one attached hydrogen (secondary N) is 1. The van der Waals surface area contributed by atoms with Crippen molar-refractivity contribution in [2.45, 2.75) is 6.04 Å². The summed E-state index contributed by atoms with van der Waals surface area (Å²) in [6.07, 6.45) is -0.374. The molecular weight excluding hydrogens is 269 g/mol. The van der Waals surface area contributed by atoms with Gasteiger partial charge in [0.25, 0.3) is 0 Å². The highest BCUT2D eigenvalue weighted by atomic mass is 79.9. The first-order chi connectivity index (χ1) is 6.66. The Labute approximate surface area is 94.5 Å². The van der Waals surface area contributed by atoms with Crippen LogP contribution in [-0.4, -0.2) is 12.7 Å². The molecule has 1 aliphatic rings. The van der Waals surface area contributed by atoms with E-state index in [9.17, 15) is 4.79 Å². The average Bonchev–Trinajstić information content (AvgIpc) is 2.57. The van der Waals surface area contributed by atoms with Crippen molar-refractivity contribution >= 4 is 33.6 Å². The van der Waals surface area contributed by atoms with Crippen molar-refractivity contribution in [2.75, 3.05) is 6.61 Å². The van der Waals surface area contributed by atoms with E-state index in [1.54, 1.807) is 6.07 Å². The van der Waals surface area contributed by atoms with Gasteiger partial charge in [0.05, 0.1) is 11.1 Å². The SMILES string of the molecule is O=C1NC(c2ccc(Cl)c(Br)c2)CO1. The first-order valence-electron chi connectivity index (χ1n) is 4.05. The molecule has 1 aliphatic heterocycles. The van der Waals surface area contributed by atoms with E-state index >= 15 is 0 Å². The number of rotatable bonds is 1. The van der Waals surface area contributed by atoms with Gasteiger partial charge in [0.2, 0.25) is 0 Å². The molecule has 0 saturated carbocycles. The van der Waals surface area contributed by atoms with Crippen LogP contribution < -0.4 is 5.32 Å². The van der Waals surface area contributed by atoms with Crippen molar-refractivity contribution in [3.63, 3.8) is 0 Å². The lowest BCUT2D eigenvalue weighted by Crippen LogP contribution is -2.18. The molecule has 74 valence electrons. The number of hydrogen-bond acceptors (Lipinski definition) is 2. The van der Waals surface area contributed by atoms with Crippen LogP contribution >= 0.6 is 27.5 Å². The van der Waals surface area contributed by atoms with E-state index in [0.29, 0.717) is 11.6 Å². The smallest absolute Gasteiger partial charge is 0.407 e. The Bertz CT molecular complexity index is 383. The van der Waals surface area contributed by atoms with Crippen LogP contribution in [0.4, 0.5) is 4.79 Å². The monoisotopic (exact) mass is 275 g/mol. The van der Waals surface area contributed by atoms with E-state index in [4.69, 9.17) is 16.3 Å². The van der Waals surface area contributed by atoms with Gasteiger partial charge in [-0.3, -0.25) is 0 Å². The summed E-state index contributed by atoms with van der Waals surface area (Å²) < 4.78 is 5.61. The van der Waals surface area contributed by atoms with Gasteiger partial charge in [0.15, 0.2) is 0 Å². The number of carbonyl (C=O) groups excluding carboxylic acids is 1. The van der Waals surface area contributed by atoms with Gasteiger partial charge in [0, 0.05) is 4.47 Å². The molecule has 1 unspecified atom stereocenters. The van der Waals surface area contributed by atoms with E-state index < -0.39 is 0 Å². The Morgan fingerprint density at radius 3 is 2.93 bits per heavy atom. The highest BCUT2D eigenvalue weighted by Crippen LogP contribution is 2.27. The molecule has 1 atom stereocenters. The number of halogens is 2. The van der Waals surface area contributed by atoms with Crippen LogP contribution in [0.2, 0.25) is 5.02 Å². The largest absolute Gasteiger partial charge is 0.447 e. The fourth-order valence-corrected chi connectivity index (χ4v) is 1.81. The van der Waals surface area contributed by atoms with E-state index in [-0.39, 0.29) is 12.1 Å². The van der Waals surface area contributed by atoms with Gasteiger partial charge in [-0.25, -0.2) is 4.79 Å². The highest BCUT2D eigenvalue weighted by Gasteiger charge is 2.23. The number of benzene rings is 1. The zero-order valence-electron chi connectivity index (χ0n) is 7.09. The van der Waals surface area contributed by atoms with Gasteiger partial charge in [-0.1, -0.05) is 17.7 Å². The lowest BCUT2D eigenvalue weighted by Gasteiger charge is -2.08. The van der Waals surface area contributed by atoms with Crippen LogP contribution in [0.15, 0.2) is 22.7 Å². The molecule has 0 aromatic heterocycles. The first kappa shape index (κ1) is 9.80. The molecule has 1 amide bonds. The minimum absolute atomic E-state index is 0.0731. The molecule has 5 heteroatoms. The summed E-state index contributed by atoms with van der Waals surface area (Å²) in [4.78, 5) is 10.8. The quantitative estimate of drug-likeness (QED) is 0.856. The normalized spacial score (nSPS) is 20.4. The van der Waals surface area contributed by atoms with Crippen LogP contribution in [0.5, 0.6) is 0 Å². The summed E-state index contributed by atoms with van der Waals surface area (Å²) in [7, 11) is 0. The Hall–Kier alpha value is -0.740. The Morgan fingerprint density at radius 2 is 2.36 bits per heavy atom. The predicted molar refractivity (Wildman–Crippen MR) is 56.4 cm³/mol. The van der Waals surface area contributed by atoms with Crippen molar-refractivity contribution < 1.29 is 9.53 Å². The molecule has 0 spiro atoms. The number of carbonyl (C=O) groups is 1. The summed E-state index contributed by atoms with van der Waals surface area (Å²) in [6.45, 7) is 0.368. The van der Waals surface area contributed by atoms with E-state index in [1.165, 1.54) is 0 Å². The van der Waals surface area contributed by atoms with Crippen LogP contribution in [0, 0.1) is 0 Å². The third-order valence-electron chi connectivity index (χ3n) is 2.02. The van der Waals surface area contributed by atoms with Crippen molar-refractivity contribution in [2.24, 2.45) is 0 Å². The van der Waals surface area contributed by atoms with E-state index in [2.05, 4.69) is 21.2 Å². The Balaban J connectivity index is 2.24. The van der Waals surface area contributed by atoms with Crippen LogP contribution in [0.25, 0.3) is 0 Å². The Kier molecular flexibility index (Phi) is 2.65. The second kappa shape index (κ2) is 3.79. The van der Waals surface area contributed by atoms with Gasteiger partial charge >= 0.3 is 6.09 Å². The molecule has 1 saturated heterocycles. The van der Waals surface area contributed by atoms with Crippen LogP contribution in [0.3, 0.4) is 0 Å². The summed E-state index contributed by atoms with van der Waals surface area (Å²) >= 11 is 9.17. The zero-order valence-corrected chi connectivity index (χ0v) is 9.43. The highest BCUT2D eigenvalue weighted by molar-refractivity contribution is 9.10. The fraction of sp³-hybridized carbons (Fsp3) is 0.222. The minimum atomic E-state index is -0.374. The molecule has 1 heterocycles. The topological polar surface area (TPSA) is 38.3 Å². The fourth-order valence-electron chi connectivity index (χ4n) is 1.29. The molecular formula is C9H7BrClNO2. The molecule has 2 rings (SSSR count). The van der Waals surface area contributed by atoms with Crippen molar-refractivity contribution in [1.29, 1.82) is 0 Å². The van der Waals surface area contributed by atoms with Crippen molar-refractivity contribution in [3.8, 4) is 0 Å². The summed E-state index contributed by atoms with van der Waals surface area (Å²) in [5.41, 5.74) is 0.979. The second-order valence-electron chi connectivity index (χ2n) is 2.97. The molecule has 1 aromatic carbocycles. The van der Waals surface area contributed by atoms with Gasteiger partial charge < -0.3 is 10.1 Å². The van der Waals surface area contributed by atoms with Crippen LogP contribution in [0.1, 0.15) is 11.6 Å².